The summed E-state index contributed by atoms with van der Waals surface area (Å²) in [6.45, 7) is 2.22. The second kappa shape index (κ2) is 4.90. The van der Waals surface area contributed by atoms with Crippen LogP contribution in [0.2, 0.25) is 0 Å². The van der Waals surface area contributed by atoms with E-state index in [0.29, 0.717) is 5.92 Å². The van der Waals surface area contributed by atoms with Crippen molar-refractivity contribution < 1.29 is 0 Å². The Labute approximate surface area is 126 Å². The Morgan fingerprint density at radius 1 is 1.14 bits per heavy atom. The molecule has 0 spiro atoms. The van der Waals surface area contributed by atoms with Crippen molar-refractivity contribution in [2.45, 2.75) is 44.9 Å². The van der Waals surface area contributed by atoms with Crippen molar-refractivity contribution in [1.82, 2.24) is 9.78 Å². The molecule has 2 fully saturated rings. The molecule has 1 heterocycles. The fourth-order valence-electron chi connectivity index (χ4n) is 4.02. The molecule has 0 radical (unpaired) electrons. The van der Waals surface area contributed by atoms with Gasteiger partial charge in [-0.3, -0.25) is 0 Å². The summed E-state index contributed by atoms with van der Waals surface area (Å²) in [5.41, 5.74) is 10.1. The molecule has 0 saturated heterocycles. The highest BCUT2D eigenvalue weighted by Crippen LogP contribution is 2.57. The van der Waals surface area contributed by atoms with Crippen molar-refractivity contribution in [3.05, 3.63) is 41.6 Å². The zero-order valence-corrected chi connectivity index (χ0v) is 12.6. The van der Waals surface area contributed by atoms with Crippen LogP contribution in [0.25, 0.3) is 5.69 Å². The minimum absolute atomic E-state index is 0.641. The van der Waals surface area contributed by atoms with E-state index >= 15 is 0 Å². The summed E-state index contributed by atoms with van der Waals surface area (Å²) in [7, 11) is 0. The zero-order chi connectivity index (χ0) is 14.4. The number of para-hydroxylation sites is 1. The maximum Gasteiger partial charge on any atom is 0.130 e. The van der Waals surface area contributed by atoms with E-state index in [1.54, 1.807) is 0 Å². The Balaban J connectivity index is 1.75. The number of rotatable bonds is 4. The molecule has 2 atom stereocenters. The van der Waals surface area contributed by atoms with Crippen molar-refractivity contribution in [2.75, 3.05) is 5.73 Å². The first kappa shape index (κ1) is 12.9. The highest BCUT2D eigenvalue weighted by Gasteiger charge is 2.47. The second-order valence-corrected chi connectivity index (χ2v) is 6.67. The molecule has 3 nitrogen and oxygen atoms in total. The Hall–Kier alpha value is -1.77. The molecule has 0 amide bonds. The lowest BCUT2D eigenvalue weighted by Gasteiger charge is -2.10. The molecule has 110 valence electrons. The molecule has 0 bridgehead atoms. The van der Waals surface area contributed by atoms with Gasteiger partial charge in [-0.15, -0.1) is 0 Å². The number of benzene rings is 1. The molecule has 2 saturated carbocycles. The van der Waals surface area contributed by atoms with Gasteiger partial charge in [0.2, 0.25) is 0 Å². The third-order valence-corrected chi connectivity index (χ3v) is 5.19. The molecular weight excluding hydrogens is 258 g/mol. The third-order valence-electron chi connectivity index (χ3n) is 5.19. The Morgan fingerprint density at radius 3 is 2.52 bits per heavy atom. The average molecular weight is 281 g/mol. The summed E-state index contributed by atoms with van der Waals surface area (Å²) in [5.74, 6) is 3.45. The zero-order valence-electron chi connectivity index (χ0n) is 12.6. The molecule has 1 aromatic carbocycles. The van der Waals surface area contributed by atoms with Crippen molar-refractivity contribution in [3.63, 3.8) is 0 Å². The molecule has 2 unspecified atom stereocenters. The lowest BCUT2D eigenvalue weighted by molar-refractivity contribution is 0.595. The number of nitrogen functional groups attached to an aromatic ring is 1. The molecular formula is C18H23N3. The summed E-state index contributed by atoms with van der Waals surface area (Å²) < 4.78 is 1.95. The SMILES string of the molecule is CCCc1c(C2CC3CC3C2)nn(-c2ccccc2)c1N. The molecule has 21 heavy (non-hydrogen) atoms. The van der Waals surface area contributed by atoms with Gasteiger partial charge in [0.1, 0.15) is 5.82 Å². The van der Waals surface area contributed by atoms with E-state index in [2.05, 4.69) is 19.1 Å². The molecule has 2 aromatic rings. The Kier molecular flexibility index (Phi) is 3.02. The summed E-state index contributed by atoms with van der Waals surface area (Å²) in [5, 5.41) is 4.93. The van der Waals surface area contributed by atoms with Crippen LogP contribution in [0.3, 0.4) is 0 Å². The van der Waals surface area contributed by atoms with Gasteiger partial charge in [-0.2, -0.15) is 5.10 Å². The van der Waals surface area contributed by atoms with E-state index in [1.165, 1.54) is 30.5 Å². The molecule has 3 heteroatoms. The van der Waals surface area contributed by atoms with Crippen LogP contribution in [0.4, 0.5) is 5.82 Å². The maximum absolute atomic E-state index is 6.44. The number of hydrogen-bond donors (Lipinski definition) is 1. The fourth-order valence-corrected chi connectivity index (χ4v) is 4.02. The first-order valence-electron chi connectivity index (χ1n) is 8.20. The van der Waals surface area contributed by atoms with Crippen molar-refractivity contribution >= 4 is 5.82 Å². The lowest BCUT2D eigenvalue weighted by Crippen LogP contribution is -2.02. The number of aromatic nitrogens is 2. The molecule has 2 N–H and O–H groups in total. The monoisotopic (exact) mass is 281 g/mol. The van der Waals surface area contributed by atoms with Crippen LogP contribution >= 0.6 is 0 Å². The Bertz CT molecular complexity index is 634. The van der Waals surface area contributed by atoms with Gasteiger partial charge >= 0.3 is 0 Å². The van der Waals surface area contributed by atoms with Crippen molar-refractivity contribution in [2.24, 2.45) is 11.8 Å². The highest BCUT2D eigenvalue weighted by molar-refractivity contribution is 5.51. The molecule has 4 rings (SSSR count). The largest absolute Gasteiger partial charge is 0.383 e. The predicted octanol–water partition coefficient (Wildman–Crippen LogP) is 3.92. The van der Waals surface area contributed by atoms with E-state index < -0.39 is 0 Å². The number of anilines is 1. The van der Waals surface area contributed by atoms with E-state index in [0.717, 1.165) is 36.2 Å². The smallest absolute Gasteiger partial charge is 0.130 e. The fraction of sp³-hybridized carbons (Fsp3) is 0.500. The van der Waals surface area contributed by atoms with Crippen LogP contribution in [0.5, 0.6) is 0 Å². The van der Waals surface area contributed by atoms with Gasteiger partial charge in [0.25, 0.3) is 0 Å². The molecule has 1 aromatic heterocycles. The summed E-state index contributed by atoms with van der Waals surface area (Å²) in [6, 6.07) is 10.3. The highest BCUT2D eigenvalue weighted by atomic mass is 15.3. The van der Waals surface area contributed by atoms with E-state index in [-0.39, 0.29) is 0 Å². The van der Waals surface area contributed by atoms with Crippen LogP contribution in [-0.4, -0.2) is 9.78 Å². The van der Waals surface area contributed by atoms with Crippen LogP contribution in [0.1, 0.15) is 49.8 Å². The number of nitrogens with zero attached hydrogens (tertiary/aromatic N) is 2. The second-order valence-electron chi connectivity index (χ2n) is 6.67. The van der Waals surface area contributed by atoms with E-state index in [9.17, 15) is 0 Å². The summed E-state index contributed by atoms with van der Waals surface area (Å²) in [6.07, 6.45) is 6.27. The Morgan fingerprint density at radius 2 is 1.86 bits per heavy atom. The van der Waals surface area contributed by atoms with Gasteiger partial charge in [0.15, 0.2) is 0 Å². The first-order valence-corrected chi connectivity index (χ1v) is 8.20. The average Bonchev–Trinajstić information content (AvgIpc) is 2.98. The van der Waals surface area contributed by atoms with E-state index in [4.69, 9.17) is 10.8 Å². The van der Waals surface area contributed by atoms with Gasteiger partial charge in [0, 0.05) is 11.5 Å². The van der Waals surface area contributed by atoms with E-state index in [1.807, 2.05) is 22.9 Å². The molecule has 2 aliphatic carbocycles. The summed E-state index contributed by atoms with van der Waals surface area (Å²) in [4.78, 5) is 0. The van der Waals surface area contributed by atoms with Gasteiger partial charge in [-0.1, -0.05) is 31.5 Å². The maximum atomic E-state index is 6.44. The van der Waals surface area contributed by atoms with Gasteiger partial charge < -0.3 is 5.73 Å². The number of nitrogens with two attached hydrogens (primary N) is 1. The minimum Gasteiger partial charge on any atom is -0.383 e. The standard InChI is InChI=1S/C18H23N3/c1-2-6-16-17(14-10-12-9-13(12)11-14)20-21(18(16)19)15-7-4-3-5-8-15/h3-5,7-8,12-14H,2,6,9-11,19H2,1H3. The molecule has 2 aliphatic rings. The van der Waals surface area contributed by atoms with Crippen LogP contribution in [0, 0.1) is 11.8 Å². The van der Waals surface area contributed by atoms with Crippen LogP contribution < -0.4 is 5.73 Å². The van der Waals surface area contributed by atoms with Crippen molar-refractivity contribution in [1.29, 1.82) is 0 Å². The van der Waals surface area contributed by atoms with Crippen LogP contribution in [0.15, 0.2) is 30.3 Å². The topological polar surface area (TPSA) is 43.8 Å². The number of hydrogen-bond acceptors (Lipinski definition) is 2. The van der Waals surface area contributed by atoms with Crippen molar-refractivity contribution in [3.8, 4) is 5.69 Å². The summed E-state index contributed by atoms with van der Waals surface area (Å²) >= 11 is 0. The van der Waals surface area contributed by atoms with Gasteiger partial charge in [0.05, 0.1) is 11.4 Å². The molecule has 0 aliphatic heterocycles. The third kappa shape index (κ3) is 2.15. The lowest BCUT2D eigenvalue weighted by atomic mass is 9.94. The van der Waals surface area contributed by atoms with Gasteiger partial charge in [-0.05, 0) is 49.7 Å². The minimum atomic E-state index is 0.641. The first-order chi connectivity index (χ1) is 10.3. The number of fused-ring (bicyclic) bond motifs is 1. The quantitative estimate of drug-likeness (QED) is 0.923. The van der Waals surface area contributed by atoms with Gasteiger partial charge in [-0.25, -0.2) is 4.68 Å². The normalized spacial score (nSPS) is 26.8. The van der Waals surface area contributed by atoms with Crippen LogP contribution in [-0.2, 0) is 6.42 Å². The predicted molar refractivity (Wildman–Crippen MR) is 85.5 cm³/mol.